The molecule has 2 rings (SSSR count). The second-order valence-corrected chi connectivity index (χ2v) is 5.74. The third kappa shape index (κ3) is 3.41. The molecule has 1 saturated heterocycles. The van der Waals surface area contributed by atoms with Gasteiger partial charge in [-0.3, -0.25) is 9.59 Å². The van der Waals surface area contributed by atoms with Gasteiger partial charge < -0.3 is 15.4 Å². The van der Waals surface area contributed by atoms with Gasteiger partial charge in [0.15, 0.2) is 0 Å². The van der Waals surface area contributed by atoms with Gasteiger partial charge in [0.05, 0.1) is 28.6 Å². The first-order chi connectivity index (χ1) is 9.93. The van der Waals surface area contributed by atoms with Gasteiger partial charge in [0, 0.05) is 18.8 Å². The first-order valence-electron chi connectivity index (χ1n) is 6.55. The molecule has 1 aliphatic rings. The molecule has 0 atom stereocenters. The molecule has 0 saturated carbocycles. The molecular formula is C14H16Cl2N2O3. The van der Waals surface area contributed by atoms with Crippen LogP contribution in [0.25, 0.3) is 0 Å². The number of anilines is 1. The zero-order valence-corrected chi connectivity index (χ0v) is 13.1. The number of hydrogen-bond donors (Lipinski definition) is 1. The summed E-state index contributed by atoms with van der Waals surface area (Å²) in [4.78, 5) is 25.6. The van der Waals surface area contributed by atoms with Crippen molar-refractivity contribution in [1.82, 2.24) is 4.90 Å². The molecule has 0 spiro atoms. The fourth-order valence-corrected chi connectivity index (χ4v) is 2.84. The SMILES string of the molecule is COC(=O)C1CCN(C(=O)c2cc(N)cc(Cl)c2Cl)CC1. The first-order valence-corrected chi connectivity index (χ1v) is 7.31. The van der Waals surface area contributed by atoms with Gasteiger partial charge in [-0.15, -0.1) is 0 Å². The number of piperidine rings is 1. The molecule has 114 valence electrons. The topological polar surface area (TPSA) is 72.6 Å². The molecular weight excluding hydrogens is 315 g/mol. The number of amides is 1. The van der Waals surface area contributed by atoms with Crippen LogP contribution in [0.15, 0.2) is 12.1 Å². The van der Waals surface area contributed by atoms with Crippen LogP contribution < -0.4 is 5.73 Å². The number of likely N-dealkylation sites (tertiary alicyclic amines) is 1. The highest BCUT2D eigenvalue weighted by atomic mass is 35.5. The minimum absolute atomic E-state index is 0.154. The summed E-state index contributed by atoms with van der Waals surface area (Å²) in [6, 6.07) is 3.02. The van der Waals surface area contributed by atoms with E-state index in [9.17, 15) is 9.59 Å². The van der Waals surface area contributed by atoms with E-state index in [4.69, 9.17) is 33.7 Å². The van der Waals surface area contributed by atoms with E-state index in [0.717, 1.165) is 0 Å². The third-order valence-electron chi connectivity index (χ3n) is 3.60. The lowest BCUT2D eigenvalue weighted by Crippen LogP contribution is -2.40. The Morgan fingerprint density at radius 3 is 2.48 bits per heavy atom. The Labute approximate surface area is 132 Å². The monoisotopic (exact) mass is 330 g/mol. The maximum absolute atomic E-state index is 12.5. The van der Waals surface area contributed by atoms with Crippen LogP contribution in [0, 0.1) is 5.92 Å². The summed E-state index contributed by atoms with van der Waals surface area (Å²) in [6.45, 7) is 0.947. The summed E-state index contributed by atoms with van der Waals surface area (Å²) in [7, 11) is 1.37. The quantitative estimate of drug-likeness (QED) is 0.668. The van der Waals surface area contributed by atoms with E-state index < -0.39 is 0 Å². The summed E-state index contributed by atoms with van der Waals surface area (Å²) < 4.78 is 4.72. The zero-order valence-electron chi connectivity index (χ0n) is 11.6. The van der Waals surface area contributed by atoms with Gasteiger partial charge in [0.2, 0.25) is 0 Å². The molecule has 0 unspecified atom stereocenters. The van der Waals surface area contributed by atoms with Crippen LogP contribution in [-0.4, -0.2) is 37.0 Å². The third-order valence-corrected chi connectivity index (χ3v) is 4.40. The van der Waals surface area contributed by atoms with Gasteiger partial charge in [-0.1, -0.05) is 23.2 Å². The first kappa shape index (κ1) is 15.9. The highest BCUT2D eigenvalue weighted by molar-refractivity contribution is 6.44. The largest absolute Gasteiger partial charge is 0.469 e. The summed E-state index contributed by atoms with van der Waals surface area (Å²) in [5.41, 5.74) is 6.38. The van der Waals surface area contributed by atoms with E-state index in [0.29, 0.717) is 31.6 Å². The average Bonchev–Trinajstić information content (AvgIpc) is 2.49. The van der Waals surface area contributed by atoms with E-state index in [-0.39, 0.29) is 33.4 Å². The summed E-state index contributed by atoms with van der Waals surface area (Å²) >= 11 is 12.0. The fourth-order valence-electron chi connectivity index (χ4n) is 2.42. The molecule has 1 aromatic carbocycles. The lowest BCUT2D eigenvalue weighted by molar-refractivity contribution is -0.146. The van der Waals surface area contributed by atoms with Crippen molar-refractivity contribution >= 4 is 40.8 Å². The molecule has 2 N–H and O–H groups in total. The number of ether oxygens (including phenoxy) is 1. The number of rotatable bonds is 2. The van der Waals surface area contributed by atoms with Gasteiger partial charge >= 0.3 is 5.97 Å². The molecule has 0 aromatic heterocycles. The number of esters is 1. The number of nitrogens with zero attached hydrogens (tertiary/aromatic N) is 1. The highest BCUT2D eigenvalue weighted by Gasteiger charge is 2.29. The standard InChI is InChI=1S/C14H16Cl2N2O3/c1-21-14(20)8-2-4-18(5-3-8)13(19)10-6-9(17)7-11(15)12(10)16/h6-8H,2-5,17H2,1H3. The molecule has 7 heteroatoms. The number of carbonyl (C=O) groups is 2. The fraction of sp³-hybridized carbons (Fsp3) is 0.429. The van der Waals surface area contributed by atoms with E-state index in [1.807, 2.05) is 0 Å². The molecule has 1 amide bonds. The molecule has 21 heavy (non-hydrogen) atoms. The van der Waals surface area contributed by atoms with Crippen LogP contribution >= 0.6 is 23.2 Å². The molecule has 1 aromatic rings. The van der Waals surface area contributed by atoms with Crippen molar-refractivity contribution in [2.75, 3.05) is 25.9 Å². The lowest BCUT2D eigenvalue weighted by Gasteiger charge is -2.31. The van der Waals surface area contributed by atoms with Crippen LogP contribution in [-0.2, 0) is 9.53 Å². The second-order valence-electron chi connectivity index (χ2n) is 4.95. The van der Waals surface area contributed by atoms with Gasteiger partial charge in [-0.25, -0.2) is 0 Å². The smallest absolute Gasteiger partial charge is 0.308 e. The van der Waals surface area contributed by atoms with E-state index in [2.05, 4.69) is 0 Å². The van der Waals surface area contributed by atoms with Crippen molar-refractivity contribution in [2.45, 2.75) is 12.8 Å². The molecule has 1 fully saturated rings. The Kier molecular flexibility index (Phi) is 4.96. The van der Waals surface area contributed by atoms with Crippen molar-refractivity contribution in [1.29, 1.82) is 0 Å². The maximum atomic E-state index is 12.5. The predicted octanol–water partition coefficient (Wildman–Crippen LogP) is 2.60. The van der Waals surface area contributed by atoms with Crippen LogP contribution in [0.2, 0.25) is 10.0 Å². The van der Waals surface area contributed by atoms with Crippen molar-refractivity contribution in [3.8, 4) is 0 Å². The van der Waals surface area contributed by atoms with Gasteiger partial charge in [0.25, 0.3) is 5.91 Å². The van der Waals surface area contributed by atoms with Crippen molar-refractivity contribution in [2.24, 2.45) is 5.92 Å². The second kappa shape index (κ2) is 6.54. The highest BCUT2D eigenvalue weighted by Crippen LogP contribution is 2.30. The summed E-state index contributed by atoms with van der Waals surface area (Å²) in [5.74, 6) is -0.608. The van der Waals surface area contributed by atoms with E-state index in [1.54, 1.807) is 4.90 Å². The van der Waals surface area contributed by atoms with E-state index in [1.165, 1.54) is 19.2 Å². The Morgan fingerprint density at radius 2 is 1.90 bits per heavy atom. The number of nitrogen functional groups attached to an aromatic ring is 1. The Hall–Kier alpha value is -1.46. The van der Waals surface area contributed by atoms with Crippen LogP contribution in [0.4, 0.5) is 5.69 Å². The molecule has 5 nitrogen and oxygen atoms in total. The number of nitrogens with two attached hydrogens (primary N) is 1. The minimum Gasteiger partial charge on any atom is -0.469 e. The summed E-state index contributed by atoms with van der Waals surface area (Å²) in [6.07, 6.45) is 1.15. The number of methoxy groups -OCH3 is 1. The molecule has 0 bridgehead atoms. The van der Waals surface area contributed by atoms with Crippen molar-refractivity contribution < 1.29 is 14.3 Å². The van der Waals surface area contributed by atoms with Gasteiger partial charge in [0.1, 0.15) is 0 Å². The summed E-state index contributed by atoms with van der Waals surface area (Å²) in [5, 5.41) is 0.454. The number of carbonyl (C=O) groups excluding carboxylic acids is 2. The van der Waals surface area contributed by atoms with Crippen LogP contribution in [0.1, 0.15) is 23.2 Å². The van der Waals surface area contributed by atoms with Crippen molar-refractivity contribution in [3.05, 3.63) is 27.7 Å². The Balaban J connectivity index is 2.11. The number of hydrogen-bond acceptors (Lipinski definition) is 4. The zero-order chi connectivity index (χ0) is 15.6. The average molecular weight is 331 g/mol. The van der Waals surface area contributed by atoms with Gasteiger partial charge in [-0.2, -0.15) is 0 Å². The minimum atomic E-state index is -0.230. The van der Waals surface area contributed by atoms with E-state index >= 15 is 0 Å². The van der Waals surface area contributed by atoms with Crippen molar-refractivity contribution in [3.63, 3.8) is 0 Å². The normalized spacial score (nSPS) is 15.9. The van der Waals surface area contributed by atoms with Crippen LogP contribution in [0.5, 0.6) is 0 Å². The molecule has 0 radical (unpaired) electrons. The van der Waals surface area contributed by atoms with Gasteiger partial charge in [-0.05, 0) is 25.0 Å². The maximum Gasteiger partial charge on any atom is 0.308 e. The molecule has 1 heterocycles. The molecule has 1 aliphatic heterocycles. The Bertz CT molecular complexity index is 570. The predicted molar refractivity (Wildman–Crippen MR) is 81.5 cm³/mol. The lowest BCUT2D eigenvalue weighted by atomic mass is 9.96. The number of benzene rings is 1. The number of halogens is 2. The molecule has 0 aliphatic carbocycles. The Morgan fingerprint density at radius 1 is 1.29 bits per heavy atom. The van der Waals surface area contributed by atoms with Crippen LogP contribution in [0.3, 0.4) is 0 Å².